The minimum Gasteiger partial charge on any atom is -0.475 e. The molecule has 1 aromatic carbocycles. The van der Waals surface area contributed by atoms with Crippen LogP contribution in [0.4, 0.5) is 10.5 Å². The van der Waals surface area contributed by atoms with E-state index in [1.54, 1.807) is 4.68 Å². The fraction of sp³-hybridized carbons (Fsp3) is 0.476. The molecule has 0 bridgehead atoms. The van der Waals surface area contributed by atoms with Crippen LogP contribution in [0.5, 0.6) is 5.88 Å². The van der Waals surface area contributed by atoms with Gasteiger partial charge in [-0.3, -0.25) is 4.79 Å². The second kappa shape index (κ2) is 7.98. The molecule has 10 nitrogen and oxygen atoms in total. The summed E-state index contributed by atoms with van der Waals surface area (Å²) in [6.45, 7) is 3.71. The molecule has 1 aliphatic heterocycles. The van der Waals surface area contributed by atoms with Gasteiger partial charge in [0.2, 0.25) is 5.88 Å². The Balaban J connectivity index is 1.44. The Hall–Kier alpha value is -2.76. The van der Waals surface area contributed by atoms with Crippen LogP contribution in [0.3, 0.4) is 0 Å². The molecule has 1 aromatic heterocycles. The molecule has 2 aliphatic carbocycles. The average Bonchev–Trinajstić information content (AvgIpc) is 3.46. The van der Waals surface area contributed by atoms with E-state index in [1.165, 1.54) is 6.20 Å². The first-order valence-corrected chi connectivity index (χ1v) is 12.4. The number of nitrogens with two attached hydrogens (primary N) is 1. The molecule has 4 N–H and O–H groups in total. The normalized spacial score (nSPS) is 20.7. The van der Waals surface area contributed by atoms with Gasteiger partial charge in [0.1, 0.15) is 11.5 Å². The number of anilines is 1. The van der Waals surface area contributed by atoms with Crippen LogP contribution < -0.4 is 20.5 Å². The lowest BCUT2D eigenvalue weighted by molar-refractivity contribution is 0.0994. The van der Waals surface area contributed by atoms with Gasteiger partial charge in [0.05, 0.1) is 18.8 Å². The Bertz CT molecular complexity index is 1240. The van der Waals surface area contributed by atoms with Gasteiger partial charge in [-0.15, -0.1) is 4.36 Å². The van der Waals surface area contributed by atoms with Crippen molar-refractivity contribution in [3.05, 3.63) is 34.5 Å². The van der Waals surface area contributed by atoms with Crippen molar-refractivity contribution in [1.82, 2.24) is 15.1 Å². The molecular weight excluding hydrogens is 432 g/mol. The maximum Gasteiger partial charge on any atom is 0.354 e. The van der Waals surface area contributed by atoms with Gasteiger partial charge in [-0.05, 0) is 55.0 Å². The van der Waals surface area contributed by atoms with E-state index >= 15 is 0 Å². The number of aromatic nitrogens is 2. The molecule has 2 atom stereocenters. The number of Topliss-reactive ketones (excluding diaryl/α,β-unsaturated/α-hetero) is 1. The standard InChI is InChI=1S/C21H26N6O4S/c1-2-23-13-10-27-20(31-11-13)18(9-24-27)32(22,30)26-21(29)25-19-14-5-3-4-12(14)8-16-15(19)6-7-17(16)28/h8-9,13,23H,2-7,10-11H2,1H3,(H3,22,25,26,29,30). The Kier molecular flexibility index (Phi) is 5.26. The first-order valence-electron chi connectivity index (χ1n) is 10.9. The summed E-state index contributed by atoms with van der Waals surface area (Å²) in [6.07, 6.45) is 5.01. The zero-order valence-electron chi connectivity index (χ0n) is 17.8. The molecule has 3 aliphatic rings. The predicted octanol–water partition coefficient (Wildman–Crippen LogP) is 1.80. The summed E-state index contributed by atoms with van der Waals surface area (Å²) < 4.78 is 24.3. The smallest absolute Gasteiger partial charge is 0.354 e. The van der Waals surface area contributed by atoms with Gasteiger partial charge >= 0.3 is 6.03 Å². The van der Waals surface area contributed by atoms with Crippen LogP contribution in [-0.2, 0) is 35.7 Å². The molecule has 0 saturated carbocycles. The van der Waals surface area contributed by atoms with E-state index < -0.39 is 15.9 Å². The van der Waals surface area contributed by atoms with Crippen molar-refractivity contribution in [2.75, 3.05) is 18.5 Å². The summed E-state index contributed by atoms with van der Waals surface area (Å²) in [5.74, 6) is 0.361. The number of ether oxygens (including phenoxy) is 1. The number of ketones is 1. The number of nitrogens with one attached hydrogen (secondary N) is 2. The molecule has 32 heavy (non-hydrogen) atoms. The number of carbonyl (C=O) groups excluding carboxylic acids is 2. The van der Waals surface area contributed by atoms with Crippen LogP contribution in [0.2, 0.25) is 0 Å². The number of fused-ring (bicyclic) bond motifs is 3. The lowest BCUT2D eigenvalue weighted by atomic mass is 9.98. The quantitative estimate of drug-likeness (QED) is 0.638. The fourth-order valence-electron chi connectivity index (χ4n) is 4.81. The van der Waals surface area contributed by atoms with Crippen molar-refractivity contribution in [2.45, 2.75) is 56.5 Å². The van der Waals surface area contributed by atoms with Crippen molar-refractivity contribution in [1.29, 1.82) is 0 Å². The summed E-state index contributed by atoms with van der Waals surface area (Å²) in [7, 11) is -3.58. The van der Waals surface area contributed by atoms with Gasteiger partial charge in [0, 0.05) is 17.7 Å². The van der Waals surface area contributed by atoms with Gasteiger partial charge in [0.25, 0.3) is 0 Å². The number of carbonyl (C=O) groups is 2. The van der Waals surface area contributed by atoms with E-state index in [2.05, 4.69) is 20.1 Å². The highest BCUT2D eigenvalue weighted by molar-refractivity contribution is 7.91. The first kappa shape index (κ1) is 21.1. The van der Waals surface area contributed by atoms with E-state index in [0.717, 1.165) is 42.5 Å². The van der Waals surface area contributed by atoms with Gasteiger partial charge < -0.3 is 15.4 Å². The molecule has 170 valence electrons. The molecule has 2 amide bonds. The lowest BCUT2D eigenvalue weighted by Crippen LogP contribution is -2.42. The van der Waals surface area contributed by atoms with E-state index in [4.69, 9.17) is 9.88 Å². The number of hydrogen-bond acceptors (Lipinski definition) is 6. The molecule has 0 saturated heterocycles. The summed E-state index contributed by atoms with van der Waals surface area (Å²) in [5.41, 5.74) is 4.25. The monoisotopic (exact) mass is 458 g/mol. The SMILES string of the molecule is CCNC1COc2c(S(N)(=O)=NC(=O)Nc3c4c(cc5c3CCC5=O)CCC4)cnn2C1. The molecule has 2 aromatic rings. The van der Waals surface area contributed by atoms with Crippen molar-refractivity contribution in [2.24, 2.45) is 9.50 Å². The number of hydrogen-bond donors (Lipinski definition) is 3. The van der Waals surface area contributed by atoms with Gasteiger partial charge in [-0.25, -0.2) is 18.8 Å². The van der Waals surface area contributed by atoms with Gasteiger partial charge in [-0.2, -0.15) is 5.10 Å². The maximum absolute atomic E-state index is 13.2. The number of aryl methyl sites for hydroxylation is 1. The van der Waals surface area contributed by atoms with Gasteiger partial charge in [0.15, 0.2) is 15.7 Å². The summed E-state index contributed by atoms with van der Waals surface area (Å²) in [4.78, 5) is 25.2. The van der Waals surface area contributed by atoms with Crippen LogP contribution in [0.25, 0.3) is 0 Å². The zero-order chi connectivity index (χ0) is 22.5. The molecule has 0 radical (unpaired) electrons. The highest BCUT2D eigenvalue weighted by Gasteiger charge is 2.30. The van der Waals surface area contributed by atoms with Crippen LogP contribution in [-0.4, -0.2) is 45.0 Å². The molecule has 11 heteroatoms. The number of benzene rings is 1. The predicted molar refractivity (Wildman–Crippen MR) is 118 cm³/mol. The molecule has 5 rings (SSSR count). The molecule has 0 fully saturated rings. The Morgan fingerprint density at radius 1 is 1.34 bits per heavy atom. The summed E-state index contributed by atoms with van der Waals surface area (Å²) >= 11 is 0. The third-order valence-electron chi connectivity index (χ3n) is 6.24. The molecule has 2 unspecified atom stereocenters. The highest BCUT2D eigenvalue weighted by Crippen LogP contribution is 2.38. The van der Waals surface area contributed by atoms with Crippen molar-refractivity contribution in [3.63, 3.8) is 0 Å². The van der Waals surface area contributed by atoms with Crippen LogP contribution >= 0.6 is 0 Å². The molecule has 0 spiro atoms. The van der Waals surface area contributed by atoms with Gasteiger partial charge in [-0.1, -0.05) is 6.92 Å². The Morgan fingerprint density at radius 3 is 3.00 bits per heavy atom. The second-order valence-corrected chi connectivity index (χ2v) is 10.1. The first-order chi connectivity index (χ1) is 15.4. The third-order valence-corrected chi connectivity index (χ3v) is 7.59. The molecule has 2 heterocycles. The number of likely N-dealkylation sites (N-methyl/N-ethyl adjacent to an activating group) is 1. The fourth-order valence-corrected chi connectivity index (χ4v) is 5.81. The Labute approximate surface area is 186 Å². The average molecular weight is 459 g/mol. The minimum absolute atomic E-state index is 0.0827. The minimum atomic E-state index is -3.58. The van der Waals surface area contributed by atoms with Crippen molar-refractivity contribution in [3.8, 4) is 5.88 Å². The van der Waals surface area contributed by atoms with Crippen molar-refractivity contribution >= 4 is 27.4 Å². The van der Waals surface area contributed by atoms with Crippen LogP contribution in [0.1, 0.15) is 46.8 Å². The largest absolute Gasteiger partial charge is 0.475 e. The number of amides is 2. The van der Waals surface area contributed by atoms with Crippen molar-refractivity contribution < 1.29 is 18.5 Å². The lowest BCUT2D eigenvalue weighted by Gasteiger charge is -2.25. The zero-order valence-corrected chi connectivity index (χ0v) is 18.7. The second-order valence-electron chi connectivity index (χ2n) is 8.34. The Morgan fingerprint density at radius 2 is 2.19 bits per heavy atom. The van der Waals surface area contributed by atoms with Crippen LogP contribution in [0.15, 0.2) is 21.5 Å². The number of nitrogens with zero attached hydrogens (tertiary/aromatic N) is 3. The number of urea groups is 1. The highest BCUT2D eigenvalue weighted by atomic mass is 32.2. The van der Waals surface area contributed by atoms with Crippen LogP contribution in [0, 0.1) is 0 Å². The third kappa shape index (κ3) is 3.59. The summed E-state index contributed by atoms with van der Waals surface area (Å²) in [6, 6.07) is 1.24. The number of rotatable bonds is 4. The van der Waals surface area contributed by atoms with E-state index in [1.807, 2.05) is 13.0 Å². The van der Waals surface area contributed by atoms with E-state index in [-0.39, 0.29) is 22.6 Å². The molecular formula is C21H26N6O4S. The van der Waals surface area contributed by atoms with E-state index in [0.29, 0.717) is 37.2 Å². The maximum atomic E-state index is 13.2. The summed E-state index contributed by atoms with van der Waals surface area (Å²) in [5, 5.41) is 16.3. The van der Waals surface area contributed by atoms with E-state index in [9.17, 15) is 13.8 Å². The topological polar surface area (TPSA) is 141 Å².